The highest BCUT2D eigenvalue weighted by Gasteiger charge is 2.88. The van der Waals surface area contributed by atoms with E-state index in [4.69, 9.17) is 14.2 Å². The average molecular weight is 378 g/mol. The van der Waals surface area contributed by atoms with E-state index in [1.54, 1.807) is 0 Å². The molecule has 2 spiro atoms. The SMILES string of the molecule is C[C@H]1[C@H](S(=O)(=O)O)[C@H]2O[C@@H]3[C@H](O)C[C@](C)(C24CO[C@@]1(O)[C@H]4O)[C@]31CO1. The standard InChI is InChI=1S/C15H22O9S/c1-6-8(25(19,20)21)10-13(4-23-15(6,18)11(13)17)12(2)3-7(16)9(24-10)14(12)5-22-14/h6-11,16-18H,3-5H2,1-2H3,(H,19,20,21)/t6-,7+,8-,9+,10+,11-,12+,13?,14-,15+/m0/s1. The summed E-state index contributed by atoms with van der Waals surface area (Å²) < 4.78 is 51.4. The molecule has 5 aliphatic rings. The molecule has 10 atom stereocenters. The second-order valence-corrected chi connectivity index (χ2v) is 10.1. The van der Waals surface area contributed by atoms with Gasteiger partial charge in [-0.15, -0.1) is 0 Å². The molecule has 3 heterocycles. The van der Waals surface area contributed by atoms with Crippen LogP contribution in [0.25, 0.3) is 0 Å². The van der Waals surface area contributed by atoms with Gasteiger partial charge in [-0.2, -0.15) is 8.42 Å². The van der Waals surface area contributed by atoms with E-state index >= 15 is 0 Å². The third-order valence-electron chi connectivity index (χ3n) is 7.85. The first-order valence-corrected chi connectivity index (χ1v) is 9.94. The minimum atomic E-state index is -4.62. The summed E-state index contributed by atoms with van der Waals surface area (Å²) in [6, 6.07) is 0. The molecule has 10 heteroatoms. The van der Waals surface area contributed by atoms with E-state index in [1.807, 2.05) is 6.92 Å². The highest BCUT2D eigenvalue weighted by atomic mass is 32.2. The zero-order valence-corrected chi connectivity index (χ0v) is 14.6. The first-order valence-electron chi connectivity index (χ1n) is 8.44. The lowest BCUT2D eigenvalue weighted by Crippen LogP contribution is -2.76. The molecule has 3 saturated heterocycles. The summed E-state index contributed by atoms with van der Waals surface area (Å²) in [6.07, 6.45) is -3.99. The van der Waals surface area contributed by atoms with Gasteiger partial charge in [-0.3, -0.25) is 4.55 Å². The van der Waals surface area contributed by atoms with Crippen LogP contribution in [0, 0.1) is 16.7 Å². The first-order chi connectivity index (χ1) is 11.5. The van der Waals surface area contributed by atoms with Crippen LogP contribution in [-0.2, 0) is 24.3 Å². The van der Waals surface area contributed by atoms with Crippen molar-refractivity contribution in [1.82, 2.24) is 0 Å². The second-order valence-electron chi connectivity index (χ2n) is 8.51. The van der Waals surface area contributed by atoms with Crippen LogP contribution in [0.1, 0.15) is 20.3 Å². The summed E-state index contributed by atoms with van der Waals surface area (Å²) in [5.41, 5.74) is -3.04. The van der Waals surface area contributed by atoms with E-state index < -0.39 is 67.9 Å². The van der Waals surface area contributed by atoms with Gasteiger partial charge in [0.2, 0.25) is 0 Å². The molecule has 4 bridgehead atoms. The molecule has 5 rings (SSSR count). The number of epoxide rings is 1. The van der Waals surface area contributed by atoms with E-state index in [0.717, 1.165) is 0 Å². The molecule has 2 aliphatic carbocycles. The van der Waals surface area contributed by atoms with Crippen LogP contribution in [-0.4, -0.2) is 82.6 Å². The van der Waals surface area contributed by atoms with Crippen molar-refractivity contribution in [2.75, 3.05) is 13.2 Å². The maximum Gasteiger partial charge on any atom is 0.270 e. The van der Waals surface area contributed by atoms with Crippen molar-refractivity contribution in [2.24, 2.45) is 16.7 Å². The fourth-order valence-electron chi connectivity index (χ4n) is 6.38. The second kappa shape index (κ2) is 4.22. The molecule has 0 amide bonds. The van der Waals surface area contributed by atoms with Crippen LogP contribution in [0.2, 0.25) is 0 Å². The van der Waals surface area contributed by atoms with Crippen molar-refractivity contribution in [2.45, 2.75) is 61.3 Å². The zero-order valence-electron chi connectivity index (χ0n) is 13.8. The summed E-state index contributed by atoms with van der Waals surface area (Å²) in [4.78, 5) is 0. The van der Waals surface area contributed by atoms with Crippen molar-refractivity contribution in [1.29, 1.82) is 0 Å². The van der Waals surface area contributed by atoms with Crippen molar-refractivity contribution in [3.63, 3.8) is 0 Å². The van der Waals surface area contributed by atoms with Gasteiger partial charge in [0.1, 0.15) is 23.1 Å². The maximum absolute atomic E-state index is 12.1. The van der Waals surface area contributed by atoms with Gasteiger partial charge < -0.3 is 29.5 Å². The summed E-state index contributed by atoms with van der Waals surface area (Å²) in [6.45, 7) is 3.39. The minimum absolute atomic E-state index is 0.146. The monoisotopic (exact) mass is 378 g/mol. The Morgan fingerprint density at radius 2 is 1.76 bits per heavy atom. The molecule has 142 valence electrons. The summed E-state index contributed by atoms with van der Waals surface area (Å²) in [7, 11) is -4.62. The Morgan fingerprint density at radius 1 is 1.12 bits per heavy atom. The zero-order chi connectivity index (χ0) is 18.2. The predicted octanol–water partition coefficient (Wildman–Crippen LogP) is -1.73. The number of aliphatic hydroxyl groups is 3. The van der Waals surface area contributed by atoms with Crippen molar-refractivity contribution >= 4 is 10.1 Å². The van der Waals surface area contributed by atoms with Crippen molar-refractivity contribution in [3.05, 3.63) is 0 Å². The topological polar surface area (TPSA) is 146 Å². The highest BCUT2D eigenvalue weighted by Crippen LogP contribution is 2.75. The Kier molecular flexibility index (Phi) is 2.84. The molecule has 0 aromatic heterocycles. The van der Waals surface area contributed by atoms with E-state index in [1.165, 1.54) is 6.92 Å². The Morgan fingerprint density at radius 3 is 2.32 bits per heavy atom. The lowest BCUT2D eigenvalue weighted by Gasteiger charge is -2.60. The van der Waals surface area contributed by atoms with Crippen LogP contribution in [0.4, 0.5) is 0 Å². The molecule has 5 fully saturated rings. The lowest BCUT2D eigenvalue weighted by molar-refractivity contribution is -0.300. The Labute approximate surface area is 144 Å². The predicted molar refractivity (Wildman–Crippen MR) is 79.9 cm³/mol. The van der Waals surface area contributed by atoms with Gasteiger partial charge in [-0.1, -0.05) is 13.8 Å². The van der Waals surface area contributed by atoms with Crippen LogP contribution in [0.15, 0.2) is 0 Å². The van der Waals surface area contributed by atoms with Gasteiger partial charge in [0.25, 0.3) is 10.1 Å². The highest BCUT2D eigenvalue weighted by molar-refractivity contribution is 7.86. The average Bonchev–Trinajstić information content (AvgIpc) is 3.22. The minimum Gasteiger partial charge on any atom is -0.390 e. The molecular weight excluding hydrogens is 356 g/mol. The molecule has 0 aromatic carbocycles. The summed E-state index contributed by atoms with van der Waals surface area (Å²) in [5.74, 6) is -3.24. The number of hydrogen-bond donors (Lipinski definition) is 4. The molecule has 1 unspecified atom stereocenters. The number of fused-ring (bicyclic) bond motifs is 1. The number of aliphatic hydroxyl groups excluding tert-OH is 2. The van der Waals surface area contributed by atoms with Gasteiger partial charge in [0, 0.05) is 11.3 Å². The fourth-order valence-corrected chi connectivity index (χ4v) is 7.71. The maximum atomic E-state index is 12.1. The molecular formula is C15H22O9S. The van der Waals surface area contributed by atoms with Gasteiger partial charge in [-0.05, 0) is 6.42 Å². The van der Waals surface area contributed by atoms with Crippen LogP contribution in [0.5, 0.6) is 0 Å². The third-order valence-corrected chi connectivity index (χ3v) is 9.20. The Bertz CT molecular complexity index is 750. The largest absolute Gasteiger partial charge is 0.390 e. The van der Waals surface area contributed by atoms with Crippen molar-refractivity contribution in [3.8, 4) is 0 Å². The molecule has 0 radical (unpaired) electrons. The van der Waals surface area contributed by atoms with E-state index in [-0.39, 0.29) is 13.0 Å². The Balaban J connectivity index is 1.77. The van der Waals surface area contributed by atoms with E-state index in [9.17, 15) is 28.3 Å². The molecule has 4 N–H and O–H groups in total. The number of ether oxygens (including phenoxy) is 3. The third kappa shape index (κ3) is 1.48. The smallest absolute Gasteiger partial charge is 0.270 e. The van der Waals surface area contributed by atoms with E-state index in [2.05, 4.69) is 0 Å². The van der Waals surface area contributed by atoms with Crippen molar-refractivity contribution < 1.29 is 42.5 Å². The number of hydrogen-bond acceptors (Lipinski definition) is 8. The molecule has 25 heavy (non-hydrogen) atoms. The quantitative estimate of drug-likeness (QED) is 0.309. The van der Waals surface area contributed by atoms with Gasteiger partial charge in [0.05, 0.1) is 30.8 Å². The summed E-state index contributed by atoms with van der Waals surface area (Å²) >= 11 is 0. The van der Waals surface area contributed by atoms with Crippen LogP contribution in [0.3, 0.4) is 0 Å². The lowest BCUT2D eigenvalue weighted by atomic mass is 9.49. The molecule has 2 saturated carbocycles. The number of rotatable bonds is 1. The fraction of sp³-hybridized carbons (Fsp3) is 1.00. The Hall–Kier alpha value is -0.330. The van der Waals surface area contributed by atoms with Gasteiger partial charge >= 0.3 is 0 Å². The van der Waals surface area contributed by atoms with Crippen LogP contribution >= 0.6 is 0 Å². The summed E-state index contributed by atoms with van der Waals surface area (Å²) in [5, 5.41) is 31.0. The molecule has 9 nitrogen and oxygen atoms in total. The normalized spacial score (nSPS) is 65.2. The van der Waals surface area contributed by atoms with Gasteiger partial charge in [-0.25, -0.2) is 0 Å². The molecule has 0 aromatic rings. The molecule has 3 aliphatic heterocycles. The van der Waals surface area contributed by atoms with E-state index in [0.29, 0.717) is 6.61 Å². The first kappa shape index (κ1) is 16.8. The van der Waals surface area contributed by atoms with Crippen LogP contribution < -0.4 is 0 Å². The van der Waals surface area contributed by atoms with Gasteiger partial charge in [0.15, 0.2) is 5.79 Å².